The SMILES string of the molecule is CC(CNc1ccc(C(=O)NC(C)C)cc1)CC1CCOCC1. The van der Waals surface area contributed by atoms with Crippen molar-refractivity contribution in [3.05, 3.63) is 29.8 Å². The van der Waals surface area contributed by atoms with Crippen molar-refractivity contribution in [2.45, 2.75) is 46.1 Å². The van der Waals surface area contributed by atoms with E-state index in [1.54, 1.807) is 0 Å². The number of ether oxygens (including phenoxy) is 1. The molecule has 2 rings (SSSR count). The molecular weight excluding hydrogens is 288 g/mol. The number of benzene rings is 1. The molecule has 1 aliphatic heterocycles. The van der Waals surface area contributed by atoms with Crippen LogP contribution < -0.4 is 10.6 Å². The molecule has 1 heterocycles. The van der Waals surface area contributed by atoms with E-state index < -0.39 is 0 Å². The van der Waals surface area contributed by atoms with Gasteiger partial charge in [-0.3, -0.25) is 4.79 Å². The van der Waals surface area contributed by atoms with Crippen LogP contribution in [0.3, 0.4) is 0 Å². The number of nitrogens with one attached hydrogen (secondary N) is 2. The second-order valence-electron chi connectivity index (χ2n) is 6.98. The Morgan fingerprint density at radius 2 is 1.83 bits per heavy atom. The van der Waals surface area contributed by atoms with E-state index in [0.29, 0.717) is 11.5 Å². The van der Waals surface area contributed by atoms with Gasteiger partial charge in [0.1, 0.15) is 0 Å². The van der Waals surface area contributed by atoms with Crippen molar-refractivity contribution in [1.82, 2.24) is 5.32 Å². The number of hydrogen-bond acceptors (Lipinski definition) is 3. The zero-order valence-corrected chi connectivity index (χ0v) is 14.6. The number of amides is 1. The zero-order valence-electron chi connectivity index (χ0n) is 14.6. The van der Waals surface area contributed by atoms with Gasteiger partial charge in [-0.2, -0.15) is 0 Å². The summed E-state index contributed by atoms with van der Waals surface area (Å²) in [7, 11) is 0. The van der Waals surface area contributed by atoms with E-state index in [4.69, 9.17) is 4.74 Å². The summed E-state index contributed by atoms with van der Waals surface area (Å²) in [5, 5.41) is 6.38. The van der Waals surface area contributed by atoms with Gasteiger partial charge in [0.25, 0.3) is 5.91 Å². The molecule has 1 amide bonds. The maximum absolute atomic E-state index is 11.9. The number of anilines is 1. The molecule has 0 radical (unpaired) electrons. The second-order valence-corrected chi connectivity index (χ2v) is 6.98. The van der Waals surface area contributed by atoms with Crippen LogP contribution in [0.2, 0.25) is 0 Å². The van der Waals surface area contributed by atoms with E-state index >= 15 is 0 Å². The molecule has 0 aliphatic carbocycles. The number of hydrogen-bond donors (Lipinski definition) is 2. The lowest BCUT2D eigenvalue weighted by atomic mass is 9.90. The molecule has 0 saturated carbocycles. The van der Waals surface area contributed by atoms with Crippen molar-refractivity contribution in [3.8, 4) is 0 Å². The Balaban J connectivity index is 1.75. The molecular formula is C19H30N2O2. The van der Waals surface area contributed by atoms with Crippen LogP contribution in [0.4, 0.5) is 5.69 Å². The summed E-state index contributed by atoms with van der Waals surface area (Å²) in [5.41, 5.74) is 1.78. The van der Waals surface area contributed by atoms with Gasteiger partial charge in [-0.25, -0.2) is 0 Å². The van der Waals surface area contributed by atoms with Gasteiger partial charge in [0, 0.05) is 37.1 Å². The van der Waals surface area contributed by atoms with E-state index in [2.05, 4.69) is 17.6 Å². The molecule has 2 N–H and O–H groups in total. The minimum atomic E-state index is -0.0144. The molecule has 128 valence electrons. The third-order valence-electron chi connectivity index (χ3n) is 4.30. The minimum Gasteiger partial charge on any atom is -0.385 e. The Kier molecular flexibility index (Phi) is 6.90. The normalized spacial score (nSPS) is 17.0. The summed E-state index contributed by atoms with van der Waals surface area (Å²) < 4.78 is 5.42. The fraction of sp³-hybridized carbons (Fsp3) is 0.632. The lowest BCUT2D eigenvalue weighted by Gasteiger charge is -2.25. The average molecular weight is 318 g/mol. The molecule has 4 nitrogen and oxygen atoms in total. The third kappa shape index (κ3) is 6.22. The first-order valence-electron chi connectivity index (χ1n) is 8.77. The zero-order chi connectivity index (χ0) is 16.7. The molecule has 1 fully saturated rings. The van der Waals surface area contributed by atoms with Gasteiger partial charge in [0.2, 0.25) is 0 Å². The monoisotopic (exact) mass is 318 g/mol. The molecule has 0 aromatic heterocycles. The highest BCUT2D eigenvalue weighted by molar-refractivity contribution is 5.94. The van der Waals surface area contributed by atoms with Gasteiger partial charge in [-0.1, -0.05) is 6.92 Å². The molecule has 1 aliphatic rings. The fourth-order valence-corrected chi connectivity index (χ4v) is 3.01. The third-order valence-corrected chi connectivity index (χ3v) is 4.30. The first-order valence-corrected chi connectivity index (χ1v) is 8.77. The van der Waals surface area contributed by atoms with Crippen molar-refractivity contribution in [1.29, 1.82) is 0 Å². The highest BCUT2D eigenvalue weighted by Crippen LogP contribution is 2.23. The van der Waals surface area contributed by atoms with E-state index in [1.807, 2.05) is 38.1 Å². The summed E-state index contributed by atoms with van der Waals surface area (Å²) in [5.74, 6) is 1.43. The van der Waals surface area contributed by atoms with Crippen LogP contribution >= 0.6 is 0 Å². The largest absolute Gasteiger partial charge is 0.385 e. The molecule has 0 bridgehead atoms. The highest BCUT2D eigenvalue weighted by atomic mass is 16.5. The smallest absolute Gasteiger partial charge is 0.251 e. The number of carbonyl (C=O) groups excluding carboxylic acids is 1. The summed E-state index contributed by atoms with van der Waals surface area (Å²) >= 11 is 0. The van der Waals surface area contributed by atoms with Crippen molar-refractivity contribution in [3.63, 3.8) is 0 Å². The predicted octanol–water partition coefficient (Wildman–Crippen LogP) is 3.69. The standard InChI is InChI=1S/C19H30N2O2/c1-14(2)21-19(22)17-4-6-18(7-5-17)20-13-15(3)12-16-8-10-23-11-9-16/h4-7,14-16,20H,8-13H2,1-3H3,(H,21,22). The van der Waals surface area contributed by atoms with E-state index in [9.17, 15) is 4.79 Å². The maximum atomic E-state index is 11.9. The van der Waals surface area contributed by atoms with Gasteiger partial charge in [-0.15, -0.1) is 0 Å². The number of carbonyl (C=O) groups is 1. The molecule has 1 unspecified atom stereocenters. The molecule has 1 aromatic carbocycles. The van der Waals surface area contributed by atoms with Gasteiger partial charge in [0.05, 0.1) is 0 Å². The highest BCUT2D eigenvalue weighted by Gasteiger charge is 2.16. The van der Waals surface area contributed by atoms with Gasteiger partial charge in [-0.05, 0) is 69.2 Å². The van der Waals surface area contributed by atoms with E-state index in [0.717, 1.165) is 31.4 Å². The van der Waals surface area contributed by atoms with Crippen molar-refractivity contribution < 1.29 is 9.53 Å². The summed E-state index contributed by atoms with van der Waals surface area (Å²) in [6.07, 6.45) is 3.65. The Morgan fingerprint density at radius 3 is 2.43 bits per heavy atom. The fourth-order valence-electron chi connectivity index (χ4n) is 3.01. The quantitative estimate of drug-likeness (QED) is 0.806. The Morgan fingerprint density at radius 1 is 1.17 bits per heavy atom. The van der Waals surface area contributed by atoms with Crippen LogP contribution in [-0.2, 0) is 4.74 Å². The first-order chi connectivity index (χ1) is 11.0. The van der Waals surface area contributed by atoms with Gasteiger partial charge >= 0.3 is 0 Å². The summed E-state index contributed by atoms with van der Waals surface area (Å²) in [6, 6.07) is 7.88. The summed E-state index contributed by atoms with van der Waals surface area (Å²) in [6.45, 7) is 9.04. The average Bonchev–Trinajstić information content (AvgIpc) is 2.54. The van der Waals surface area contributed by atoms with Crippen LogP contribution in [0, 0.1) is 11.8 Å². The molecule has 1 atom stereocenters. The van der Waals surface area contributed by atoms with Crippen molar-refractivity contribution in [2.24, 2.45) is 11.8 Å². The molecule has 1 aromatic rings. The molecule has 23 heavy (non-hydrogen) atoms. The van der Waals surface area contributed by atoms with Crippen molar-refractivity contribution in [2.75, 3.05) is 25.1 Å². The number of rotatable bonds is 7. The topological polar surface area (TPSA) is 50.4 Å². The molecule has 4 heteroatoms. The van der Waals surface area contributed by atoms with Crippen LogP contribution in [0.1, 0.15) is 50.4 Å². The second kappa shape index (κ2) is 8.92. The van der Waals surface area contributed by atoms with Crippen molar-refractivity contribution >= 4 is 11.6 Å². The van der Waals surface area contributed by atoms with E-state index in [-0.39, 0.29) is 11.9 Å². The lowest BCUT2D eigenvalue weighted by molar-refractivity contribution is 0.0599. The van der Waals surface area contributed by atoms with Gasteiger partial charge < -0.3 is 15.4 Å². The Hall–Kier alpha value is -1.55. The van der Waals surface area contributed by atoms with E-state index in [1.165, 1.54) is 19.3 Å². The molecule has 0 spiro atoms. The van der Waals surface area contributed by atoms with Gasteiger partial charge in [0.15, 0.2) is 0 Å². The van der Waals surface area contributed by atoms with Crippen LogP contribution in [0.5, 0.6) is 0 Å². The first kappa shape index (κ1) is 17.8. The van der Waals surface area contributed by atoms with Crippen LogP contribution in [0.25, 0.3) is 0 Å². The Labute approximate surface area is 140 Å². The lowest BCUT2D eigenvalue weighted by Crippen LogP contribution is -2.30. The molecule has 1 saturated heterocycles. The van der Waals surface area contributed by atoms with Crippen LogP contribution in [0.15, 0.2) is 24.3 Å². The minimum absolute atomic E-state index is 0.0144. The maximum Gasteiger partial charge on any atom is 0.251 e. The predicted molar refractivity (Wildman–Crippen MR) is 94.9 cm³/mol. The summed E-state index contributed by atoms with van der Waals surface area (Å²) in [4.78, 5) is 11.9. The Bertz CT molecular complexity index is 479. The van der Waals surface area contributed by atoms with Crippen LogP contribution in [-0.4, -0.2) is 31.7 Å².